The summed E-state index contributed by atoms with van der Waals surface area (Å²) in [6.45, 7) is 4.39. The van der Waals surface area contributed by atoms with Crippen molar-refractivity contribution in [3.63, 3.8) is 0 Å². The SMILES string of the molecule is CCC1(n2cc(-c3nc(Nc4ccc(C(=O)NCCCNC(=O)COc5cccc6c5C(=O)N(C5CCC(=O)NC5=O)C6=O)cc4)nc4[nH]ccc34)cn2)CN(S(=O)(=O)CC)C1. The van der Waals surface area contributed by atoms with Crippen LogP contribution in [0, 0.1) is 0 Å². The Morgan fingerprint density at radius 3 is 2.48 bits per heavy atom. The summed E-state index contributed by atoms with van der Waals surface area (Å²) in [5.41, 5.74) is 2.58. The van der Waals surface area contributed by atoms with Crippen LogP contribution in [0.3, 0.4) is 0 Å². The predicted molar refractivity (Wildman–Crippen MR) is 223 cm³/mol. The molecule has 0 bridgehead atoms. The highest BCUT2D eigenvalue weighted by Crippen LogP contribution is 2.37. The van der Waals surface area contributed by atoms with Gasteiger partial charge in [0.25, 0.3) is 23.6 Å². The molecule has 5 aromatic rings. The van der Waals surface area contributed by atoms with Gasteiger partial charge in [0.05, 0.1) is 34.3 Å². The maximum Gasteiger partial charge on any atom is 0.266 e. The van der Waals surface area contributed by atoms with Crippen molar-refractivity contribution >= 4 is 68.1 Å². The number of aromatic amines is 1. The third-order valence-electron chi connectivity index (χ3n) is 11.3. The van der Waals surface area contributed by atoms with E-state index < -0.39 is 57.7 Å². The minimum Gasteiger partial charge on any atom is -0.483 e. The number of rotatable bonds is 16. The van der Waals surface area contributed by atoms with E-state index in [9.17, 15) is 37.2 Å². The Morgan fingerprint density at radius 2 is 1.74 bits per heavy atom. The lowest BCUT2D eigenvalue weighted by atomic mass is 9.89. The van der Waals surface area contributed by atoms with Gasteiger partial charge in [-0.05, 0) is 68.7 Å². The summed E-state index contributed by atoms with van der Waals surface area (Å²) in [6.07, 6.45) is 6.49. The van der Waals surface area contributed by atoms with Crippen LogP contribution in [0.15, 0.2) is 67.1 Å². The number of aromatic nitrogens is 5. The molecule has 2 saturated heterocycles. The summed E-state index contributed by atoms with van der Waals surface area (Å²) in [5.74, 6) is -3.06. The van der Waals surface area contributed by atoms with Crippen molar-refractivity contribution < 1.29 is 41.9 Å². The molecule has 1 atom stereocenters. The number of carbonyl (C=O) groups is 6. The van der Waals surface area contributed by atoms with Gasteiger partial charge in [-0.3, -0.25) is 43.7 Å². The smallest absolute Gasteiger partial charge is 0.266 e. The van der Waals surface area contributed by atoms with Gasteiger partial charge in [0.15, 0.2) is 6.61 Å². The van der Waals surface area contributed by atoms with Crippen molar-refractivity contribution in [2.24, 2.45) is 0 Å². The number of fused-ring (bicyclic) bond motifs is 2. The van der Waals surface area contributed by atoms with Crippen molar-refractivity contribution in [2.75, 3.05) is 43.9 Å². The van der Waals surface area contributed by atoms with E-state index in [1.807, 2.05) is 23.9 Å². The fourth-order valence-corrected chi connectivity index (χ4v) is 8.93. The minimum absolute atomic E-state index is 0.0101. The molecule has 62 heavy (non-hydrogen) atoms. The Balaban J connectivity index is 0.806. The Labute approximate surface area is 354 Å². The van der Waals surface area contributed by atoms with Crippen LogP contribution < -0.4 is 26.0 Å². The number of carbonyl (C=O) groups excluding carboxylic acids is 6. The number of ether oxygens (including phenoxy) is 1. The summed E-state index contributed by atoms with van der Waals surface area (Å²) >= 11 is 0. The molecule has 3 aliphatic heterocycles. The first-order chi connectivity index (χ1) is 29.8. The van der Waals surface area contributed by atoms with Gasteiger partial charge >= 0.3 is 0 Å². The van der Waals surface area contributed by atoms with Crippen LogP contribution in [0.5, 0.6) is 5.75 Å². The summed E-state index contributed by atoms with van der Waals surface area (Å²) in [7, 11) is -3.29. The number of nitrogens with zero attached hydrogens (tertiary/aromatic N) is 6. The number of amides is 6. The molecule has 322 valence electrons. The van der Waals surface area contributed by atoms with E-state index in [1.54, 1.807) is 43.6 Å². The number of imide groups is 2. The van der Waals surface area contributed by atoms with Gasteiger partial charge < -0.3 is 25.7 Å². The number of H-pyrrole nitrogens is 1. The zero-order valence-corrected chi connectivity index (χ0v) is 34.6. The molecule has 3 aliphatic rings. The Bertz CT molecular complexity index is 2730. The summed E-state index contributed by atoms with van der Waals surface area (Å²) in [5, 5.41) is 16.3. The molecule has 0 aliphatic carbocycles. The van der Waals surface area contributed by atoms with Gasteiger partial charge in [-0.15, -0.1) is 0 Å². The number of nitrogens with one attached hydrogen (secondary N) is 5. The lowest BCUT2D eigenvalue weighted by Gasteiger charge is -2.48. The summed E-state index contributed by atoms with van der Waals surface area (Å²) < 4.78 is 33.8. The van der Waals surface area contributed by atoms with Crippen LogP contribution in [0.1, 0.15) is 70.6 Å². The Hall–Kier alpha value is -7.00. The highest BCUT2D eigenvalue weighted by atomic mass is 32.2. The van der Waals surface area contributed by atoms with Gasteiger partial charge in [0.1, 0.15) is 17.4 Å². The lowest BCUT2D eigenvalue weighted by molar-refractivity contribution is -0.136. The first-order valence-corrected chi connectivity index (χ1v) is 21.7. The topological polar surface area (TPSA) is 260 Å². The second-order valence-electron chi connectivity index (χ2n) is 15.1. The fourth-order valence-electron chi connectivity index (χ4n) is 7.69. The molecule has 0 spiro atoms. The van der Waals surface area contributed by atoms with Crippen LogP contribution in [-0.4, -0.2) is 122 Å². The fraction of sp³-hybridized carbons (Fsp3) is 0.341. The molecule has 5 N–H and O–H groups in total. The first kappa shape index (κ1) is 41.7. The van der Waals surface area contributed by atoms with E-state index in [-0.39, 0.29) is 54.5 Å². The monoisotopic (exact) mass is 865 g/mol. The van der Waals surface area contributed by atoms with Crippen LogP contribution in [0.2, 0.25) is 0 Å². The lowest BCUT2D eigenvalue weighted by Crippen LogP contribution is -2.64. The highest BCUT2D eigenvalue weighted by Gasteiger charge is 2.49. The van der Waals surface area contributed by atoms with E-state index in [0.717, 1.165) is 15.8 Å². The minimum atomic E-state index is -3.29. The second-order valence-corrected chi connectivity index (χ2v) is 17.4. The standard InChI is InChI=1S/C41H43N11O9S/c1-3-41(22-50(23-41)62(59,60)4-2)51-20-25(19-45-51)34-28-15-18-43-35(28)49-40(48-34)46-26-11-9-24(10-12-26)36(55)44-17-6-16-42-32(54)21-61-30-8-5-7-27-33(30)39(58)52(38(27)57)29-13-14-31(53)47-37(29)56/h5,7-12,15,18-20,29H,3-4,6,13-14,16-17,21-23H2,1-2H3,(H,42,54)(H,44,55)(H,47,53,56)(H2,43,46,48,49). The number of hydrogen-bond acceptors (Lipinski definition) is 13. The largest absolute Gasteiger partial charge is 0.483 e. The van der Waals surface area contributed by atoms with Crippen molar-refractivity contribution in [3.05, 3.63) is 83.8 Å². The van der Waals surface area contributed by atoms with Crippen molar-refractivity contribution in [3.8, 4) is 17.0 Å². The third-order valence-corrected chi connectivity index (χ3v) is 13.0. The molecular formula is C41H43N11O9S. The van der Waals surface area contributed by atoms with E-state index in [0.29, 0.717) is 54.5 Å². The van der Waals surface area contributed by atoms with Crippen LogP contribution in [0.25, 0.3) is 22.3 Å². The van der Waals surface area contributed by atoms with Crippen LogP contribution >= 0.6 is 0 Å². The van der Waals surface area contributed by atoms with Gasteiger partial charge in [-0.25, -0.2) is 13.4 Å². The Morgan fingerprint density at radius 1 is 0.968 bits per heavy atom. The molecule has 6 heterocycles. The highest BCUT2D eigenvalue weighted by molar-refractivity contribution is 7.89. The molecule has 20 nitrogen and oxygen atoms in total. The van der Waals surface area contributed by atoms with E-state index in [2.05, 4.69) is 36.3 Å². The quantitative estimate of drug-likeness (QED) is 0.0704. The number of hydrogen-bond donors (Lipinski definition) is 5. The number of anilines is 2. The molecule has 3 aromatic heterocycles. The molecule has 6 amide bonds. The van der Waals surface area contributed by atoms with Crippen LogP contribution in [-0.2, 0) is 29.9 Å². The summed E-state index contributed by atoms with van der Waals surface area (Å²) in [4.78, 5) is 89.1. The number of benzene rings is 2. The molecule has 21 heteroatoms. The maximum atomic E-state index is 13.3. The van der Waals surface area contributed by atoms with E-state index >= 15 is 0 Å². The molecule has 0 radical (unpaired) electrons. The molecule has 0 saturated carbocycles. The van der Waals surface area contributed by atoms with Crippen molar-refractivity contribution in [1.82, 2.24) is 49.9 Å². The van der Waals surface area contributed by atoms with Gasteiger partial charge in [0, 0.05) is 67.2 Å². The molecule has 2 aromatic carbocycles. The van der Waals surface area contributed by atoms with Crippen LogP contribution in [0.4, 0.5) is 11.6 Å². The zero-order chi connectivity index (χ0) is 43.8. The van der Waals surface area contributed by atoms with Crippen molar-refractivity contribution in [1.29, 1.82) is 0 Å². The van der Waals surface area contributed by atoms with E-state index in [1.165, 1.54) is 22.5 Å². The molecule has 8 rings (SSSR count). The predicted octanol–water partition coefficient (Wildman–Crippen LogP) is 2.05. The third kappa shape index (κ3) is 7.98. The average Bonchev–Trinajstić information content (AvgIpc) is 3.99. The number of piperidine rings is 1. The molecule has 1 unspecified atom stereocenters. The molecule has 2 fully saturated rings. The number of sulfonamides is 1. The van der Waals surface area contributed by atoms with Gasteiger partial charge in [-0.2, -0.15) is 14.4 Å². The first-order valence-electron chi connectivity index (χ1n) is 20.1. The Kier molecular flexibility index (Phi) is 11.3. The second kappa shape index (κ2) is 16.8. The van der Waals surface area contributed by atoms with Crippen molar-refractivity contribution in [2.45, 2.75) is 51.1 Å². The summed E-state index contributed by atoms with van der Waals surface area (Å²) in [6, 6.07) is 11.9. The van der Waals surface area contributed by atoms with E-state index in [4.69, 9.17) is 9.72 Å². The molecular weight excluding hydrogens is 823 g/mol. The maximum absolute atomic E-state index is 13.3. The zero-order valence-electron chi connectivity index (χ0n) is 33.8. The average molecular weight is 866 g/mol. The van der Waals surface area contributed by atoms with Gasteiger partial charge in [0.2, 0.25) is 27.8 Å². The van der Waals surface area contributed by atoms with Gasteiger partial charge in [-0.1, -0.05) is 13.0 Å². The normalized spacial score (nSPS) is 17.4.